The first-order valence-electron chi connectivity index (χ1n) is 10.7. The summed E-state index contributed by atoms with van der Waals surface area (Å²) in [6, 6.07) is 14.1. The molecule has 2 heterocycles. The van der Waals surface area contributed by atoms with Crippen LogP contribution in [-0.4, -0.2) is 36.4 Å². The van der Waals surface area contributed by atoms with Crippen LogP contribution in [0.15, 0.2) is 42.5 Å². The molecule has 0 aliphatic carbocycles. The third-order valence-electron chi connectivity index (χ3n) is 6.43. The van der Waals surface area contributed by atoms with Crippen LogP contribution in [0.25, 0.3) is 0 Å². The Balaban J connectivity index is 1.47. The fraction of sp³-hybridized carbons (Fsp3) is 0.480. The second-order valence-electron chi connectivity index (χ2n) is 8.45. The lowest BCUT2D eigenvalue weighted by molar-refractivity contribution is 0.0363. The molecule has 3 heteroatoms. The van der Waals surface area contributed by atoms with Crippen molar-refractivity contribution >= 4 is 5.78 Å². The molecule has 2 aliphatic rings. The highest BCUT2D eigenvalue weighted by Gasteiger charge is 2.33. The van der Waals surface area contributed by atoms with Gasteiger partial charge >= 0.3 is 0 Å². The van der Waals surface area contributed by atoms with Gasteiger partial charge in [-0.25, -0.2) is 0 Å². The molecular formula is C25H31NO2. The lowest BCUT2D eigenvalue weighted by Crippen LogP contribution is -2.49. The van der Waals surface area contributed by atoms with Crippen LogP contribution in [0.3, 0.4) is 0 Å². The Hall–Kier alpha value is -2.13. The number of fused-ring (bicyclic) bond motifs is 1. The zero-order valence-corrected chi connectivity index (χ0v) is 17.1. The van der Waals surface area contributed by atoms with Crippen LogP contribution in [-0.2, 0) is 0 Å². The minimum Gasteiger partial charge on any atom is -0.493 e. The van der Waals surface area contributed by atoms with E-state index in [9.17, 15) is 4.79 Å². The van der Waals surface area contributed by atoms with Crippen LogP contribution in [0.4, 0.5) is 0 Å². The molecule has 2 aliphatic heterocycles. The third kappa shape index (κ3) is 4.00. The van der Waals surface area contributed by atoms with E-state index in [1.807, 2.05) is 42.5 Å². The molecule has 0 unspecified atom stereocenters. The van der Waals surface area contributed by atoms with Crippen molar-refractivity contribution in [2.75, 3.05) is 19.7 Å². The number of hydrogen-bond donors (Lipinski definition) is 0. The molecule has 0 spiro atoms. The zero-order chi connectivity index (χ0) is 19.5. The van der Waals surface area contributed by atoms with Gasteiger partial charge in [-0.1, -0.05) is 36.8 Å². The highest BCUT2D eigenvalue weighted by Crippen LogP contribution is 2.33. The first kappa shape index (κ1) is 19.2. The number of ketones is 1. The van der Waals surface area contributed by atoms with Gasteiger partial charge in [0.15, 0.2) is 5.78 Å². The molecule has 4 rings (SSSR count). The van der Waals surface area contributed by atoms with Crippen LogP contribution < -0.4 is 4.74 Å². The Morgan fingerprint density at radius 1 is 0.964 bits per heavy atom. The predicted molar refractivity (Wildman–Crippen MR) is 113 cm³/mol. The van der Waals surface area contributed by atoms with Crippen LogP contribution in [0.2, 0.25) is 0 Å². The summed E-state index contributed by atoms with van der Waals surface area (Å²) in [4.78, 5) is 15.5. The number of nitrogens with zero attached hydrogens (tertiary/aromatic N) is 1. The zero-order valence-electron chi connectivity index (χ0n) is 17.1. The van der Waals surface area contributed by atoms with E-state index < -0.39 is 0 Å². The van der Waals surface area contributed by atoms with Crippen molar-refractivity contribution in [1.82, 2.24) is 4.90 Å². The molecule has 2 atom stereocenters. The van der Waals surface area contributed by atoms with Crippen LogP contribution in [0, 0.1) is 19.8 Å². The summed E-state index contributed by atoms with van der Waals surface area (Å²) in [7, 11) is 0. The Morgan fingerprint density at radius 3 is 2.43 bits per heavy atom. The minimum absolute atomic E-state index is 0.0727. The molecule has 28 heavy (non-hydrogen) atoms. The van der Waals surface area contributed by atoms with Gasteiger partial charge in [-0.2, -0.15) is 0 Å². The molecule has 3 nitrogen and oxygen atoms in total. The second-order valence-corrected chi connectivity index (χ2v) is 8.45. The van der Waals surface area contributed by atoms with E-state index in [1.54, 1.807) is 0 Å². The quantitative estimate of drug-likeness (QED) is 0.673. The number of carbonyl (C=O) groups is 1. The lowest BCUT2D eigenvalue weighted by Gasteiger charge is -2.44. The van der Waals surface area contributed by atoms with E-state index >= 15 is 0 Å². The topological polar surface area (TPSA) is 29.5 Å². The van der Waals surface area contributed by atoms with Gasteiger partial charge in [0.25, 0.3) is 0 Å². The summed E-state index contributed by atoms with van der Waals surface area (Å²) in [5, 5.41) is 0. The maximum absolute atomic E-state index is 12.8. The summed E-state index contributed by atoms with van der Waals surface area (Å²) in [5.74, 6) is 1.65. The van der Waals surface area contributed by atoms with Gasteiger partial charge in [0.2, 0.25) is 0 Å². The standard InChI is InChI=1S/C25H31NO2/c1-18-15-22(24(27)20-9-4-3-5-10-20)16-19(2)25(18)28-17-21-11-8-14-26-13-7-6-12-23(21)26/h3-5,9-10,15-16,21,23H,6-8,11-14,17H2,1-2H3/t21-,23-/m1/s1. The van der Waals surface area contributed by atoms with Gasteiger partial charge in [0, 0.05) is 23.1 Å². The molecule has 148 valence electrons. The van der Waals surface area contributed by atoms with Crippen molar-refractivity contribution in [3.05, 3.63) is 64.7 Å². The highest BCUT2D eigenvalue weighted by molar-refractivity contribution is 6.09. The van der Waals surface area contributed by atoms with Gasteiger partial charge in [0.05, 0.1) is 6.61 Å². The molecule has 2 aromatic rings. The van der Waals surface area contributed by atoms with E-state index in [0.29, 0.717) is 12.0 Å². The Labute approximate surface area is 168 Å². The number of rotatable bonds is 5. The first-order valence-corrected chi connectivity index (χ1v) is 10.7. The van der Waals surface area contributed by atoms with Crippen molar-refractivity contribution in [2.24, 2.45) is 5.92 Å². The summed E-state index contributed by atoms with van der Waals surface area (Å²) >= 11 is 0. The number of benzene rings is 2. The molecule has 0 radical (unpaired) electrons. The molecule has 2 aromatic carbocycles. The number of carbonyl (C=O) groups excluding carboxylic acids is 1. The van der Waals surface area contributed by atoms with Crippen molar-refractivity contribution in [2.45, 2.75) is 52.0 Å². The van der Waals surface area contributed by atoms with Gasteiger partial charge in [-0.15, -0.1) is 0 Å². The van der Waals surface area contributed by atoms with Gasteiger partial charge in [-0.05, 0) is 75.9 Å². The monoisotopic (exact) mass is 377 g/mol. The number of ether oxygens (including phenoxy) is 1. The van der Waals surface area contributed by atoms with Gasteiger partial charge in [0.1, 0.15) is 5.75 Å². The fourth-order valence-corrected chi connectivity index (χ4v) is 5.03. The molecule has 0 bridgehead atoms. The lowest BCUT2D eigenvalue weighted by atomic mass is 9.84. The van der Waals surface area contributed by atoms with E-state index in [4.69, 9.17) is 4.74 Å². The number of hydrogen-bond acceptors (Lipinski definition) is 3. The van der Waals surface area contributed by atoms with Crippen molar-refractivity contribution in [3.63, 3.8) is 0 Å². The average Bonchev–Trinajstić information content (AvgIpc) is 2.73. The molecule has 0 aromatic heterocycles. The second kappa shape index (κ2) is 8.48. The minimum atomic E-state index is 0.0727. The fourth-order valence-electron chi connectivity index (χ4n) is 5.03. The van der Waals surface area contributed by atoms with E-state index in [2.05, 4.69) is 18.7 Å². The molecule has 0 saturated carbocycles. The smallest absolute Gasteiger partial charge is 0.193 e. The maximum Gasteiger partial charge on any atom is 0.193 e. The third-order valence-corrected chi connectivity index (χ3v) is 6.43. The maximum atomic E-state index is 12.8. The SMILES string of the molecule is Cc1cc(C(=O)c2ccccc2)cc(C)c1OC[C@H]1CCCN2CCCC[C@H]12. The van der Waals surface area contributed by atoms with E-state index in [-0.39, 0.29) is 5.78 Å². The van der Waals surface area contributed by atoms with Crippen molar-refractivity contribution in [1.29, 1.82) is 0 Å². The Bertz CT molecular complexity index is 805. The summed E-state index contributed by atoms with van der Waals surface area (Å²) in [5.41, 5.74) is 3.57. The van der Waals surface area contributed by atoms with Crippen LogP contribution in [0.5, 0.6) is 5.75 Å². The summed E-state index contributed by atoms with van der Waals surface area (Å²) in [6.45, 7) is 7.41. The Kier molecular flexibility index (Phi) is 5.82. The summed E-state index contributed by atoms with van der Waals surface area (Å²) in [6.07, 6.45) is 6.57. The summed E-state index contributed by atoms with van der Waals surface area (Å²) < 4.78 is 6.36. The molecule has 2 saturated heterocycles. The number of piperidine rings is 2. The van der Waals surface area contributed by atoms with Gasteiger partial charge in [-0.3, -0.25) is 9.69 Å². The van der Waals surface area contributed by atoms with E-state index in [0.717, 1.165) is 34.6 Å². The molecule has 0 amide bonds. The Morgan fingerprint density at radius 2 is 1.68 bits per heavy atom. The largest absolute Gasteiger partial charge is 0.493 e. The molecular weight excluding hydrogens is 346 g/mol. The normalized spacial score (nSPS) is 22.5. The molecule has 2 fully saturated rings. The van der Waals surface area contributed by atoms with Gasteiger partial charge < -0.3 is 4.74 Å². The van der Waals surface area contributed by atoms with E-state index in [1.165, 1.54) is 45.2 Å². The average molecular weight is 378 g/mol. The predicted octanol–water partition coefficient (Wildman–Crippen LogP) is 5.18. The highest BCUT2D eigenvalue weighted by atomic mass is 16.5. The molecule has 0 N–H and O–H groups in total. The van der Waals surface area contributed by atoms with Crippen molar-refractivity contribution < 1.29 is 9.53 Å². The van der Waals surface area contributed by atoms with Crippen LogP contribution >= 0.6 is 0 Å². The number of aryl methyl sites for hydroxylation is 2. The van der Waals surface area contributed by atoms with Crippen molar-refractivity contribution in [3.8, 4) is 5.75 Å². The first-order chi connectivity index (χ1) is 13.6. The van der Waals surface area contributed by atoms with Crippen LogP contribution in [0.1, 0.15) is 59.2 Å².